The van der Waals surface area contributed by atoms with Crippen LogP contribution in [0.3, 0.4) is 0 Å². The second-order valence-electron chi connectivity index (χ2n) is 2.94. The van der Waals surface area contributed by atoms with Gasteiger partial charge in [0.05, 0.1) is 19.3 Å². The van der Waals surface area contributed by atoms with Gasteiger partial charge in [-0.15, -0.1) is 0 Å². The quantitative estimate of drug-likeness (QED) is 0.614. The van der Waals surface area contributed by atoms with Crippen LogP contribution in [0.2, 0.25) is 0 Å². The number of rotatable bonds is 4. The minimum Gasteiger partial charge on any atom is -0.481 e. The molecule has 0 fully saturated rings. The van der Waals surface area contributed by atoms with Crippen molar-refractivity contribution < 1.29 is 23.0 Å². The second kappa shape index (κ2) is 6.08. The zero-order chi connectivity index (χ0) is 13.0. The first-order chi connectivity index (χ1) is 8.01. The molecule has 0 radical (unpaired) electrons. The molecule has 1 aromatic rings. The maximum Gasteiger partial charge on any atom is 0.358 e. The minimum atomic E-state index is -2.71. The van der Waals surface area contributed by atoms with E-state index in [0.29, 0.717) is 3.57 Å². The van der Waals surface area contributed by atoms with Crippen molar-refractivity contribution in [1.82, 2.24) is 4.98 Å². The third kappa shape index (κ3) is 3.24. The zero-order valence-electron chi connectivity index (χ0n) is 9.17. The molecule has 0 aliphatic heterocycles. The number of pyridine rings is 1. The van der Waals surface area contributed by atoms with E-state index in [4.69, 9.17) is 9.47 Å². The first-order valence-electron chi connectivity index (χ1n) is 4.71. The van der Waals surface area contributed by atoms with Gasteiger partial charge in [0.25, 0.3) is 6.43 Å². The number of alkyl halides is 2. The Bertz CT molecular complexity index is 426. The summed E-state index contributed by atoms with van der Waals surface area (Å²) in [6, 6.07) is 1.17. The fourth-order valence-corrected chi connectivity index (χ4v) is 1.82. The van der Waals surface area contributed by atoms with Crippen LogP contribution in [0.15, 0.2) is 6.07 Å². The standard InChI is InChI=1S/C10H10F2INO3/c1-3-17-10(15)7-6(13)4-5(8(11)12)9(14-7)16-2/h4,8H,3H2,1-2H3. The number of hydrogen-bond donors (Lipinski definition) is 0. The van der Waals surface area contributed by atoms with Crippen LogP contribution in [0.4, 0.5) is 8.78 Å². The van der Waals surface area contributed by atoms with Gasteiger partial charge < -0.3 is 9.47 Å². The largest absolute Gasteiger partial charge is 0.481 e. The summed E-state index contributed by atoms with van der Waals surface area (Å²) in [6.07, 6.45) is -2.71. The van der Waals surface area contributed by atoms with Crippen molar-refractivity contribution in [2.45, 2.75) is 13.3 Å². The topological polar surface area (TPSA) is 48.4 Å². The van der Waals surface area contributed by atoms with E-state index in [1.165, 1.54) is 13.2 Å². The molecule has 0 atom stereocenters. The molecule has 0 aliphatic carbocycles. The molecule has 17 heavy (non-hydrogen) atoms. The third-order valence-corrected chi connectivity index (χ3v) is 2.69. The number of esters is 1. The van der Waals surface area contributed by atoms with Crippen LogP contribution in [-0.2, 0) is 4.74 Å². The number of nitrogens with zero attached hydrogens (tertiary/aromatic N) is 1. The van der Waals surface area contributed by atoms with Gasteiger partial charge >= 0.3 is 5.97 Å². The predicted octanol–water partition coefficient (Wildman–Crippen LogP) is 2.81. The number of hydrogen-bond acceptors (Lipinski definition) is 4. The number of halogens is 3. The van der Waals surface area contributed by atoms with Crippen LogP contribution >= 0.6 is 22.6 Å². The summed E-state index contributed by atoms with van der Waals surface area (Å²) in [5.74, 6) is -0.917. The molecule has 0 saturated heterocycles. The molecule has 0 spiro atoms. The van der Waals surface area contributed by atoms with E-state index in [9.17, 15) is 13.6 Å². The molecular formula is C10H10F2INO3. The Morgan fingerprint density at radius 1 is 1.59 bits per heavy atom. The normalized spacial score (nSPS) is 10.5. The highest BCUT2D eigenvalue weighted by atomic mass is 127. The fraction of sp³-hybridized carbons (Fsp3) is 0.400. The molecule has 1 aromatic heterocycles. The molecule has 94 valence electrons. The molecule has 0 amide bonds. The van der Waals surface area contributed by atoms with Gasteiger partial charge in [-0.1, -0.05) is 0 Å². The van der Waals surface area contributed by atoms with Crippen LogP contribution < -0.4 is 4.74 Å². The van der Waals surface area contributed by atoms with Gasteiger partial charge in [0.2, 0.25) is 5.88 Å². The summed E-state index contributed by atoms with van der Waals surface area (Å²) in [4.78, 5) is 15.2. The fourth-order valence-electron chi connectivity index (χ4n) is 1.15. The summed E-state index contributed by atoms with van der Waals surface area (Å²) in [7, 11) is 1.22. The SMILES string of the molecule is CCOC(=O)c1nc(OC)c(C(F)F)cc1I. The number of methoxy groups -OCH3 is 1. The molecule has 1 rings (SSSR count). The lowest BCUT2D eigenvalue weighted by molar-refractivity contribution is 0.0516. The van der Waals surface area contributed by atoms with E-state index in [0.717, 1.165) is 0 Å². The summed E-state index contributed by atoms with van der Waals surface area (Å²) in [6.45, 7) is 1.84. The summed E-state index contributed by atoms with van der Waals surface area (Å²) < 4.78 is 35.1. The lowest BCUT2D eigenvalue weighted by Gasteiger charge is -2.10. The van der Waals surface area contributed by atoms with Gasteiger partial charge in [-0.25, -0.2) is 18.6 Å². The maximum atomic E-state index is 12.6. The van der Waals surface area contributed by atoms with E-state index in [-0.39, 0.29) is 23.7 Å². The zero-order valence-corrected chi connectivity index (χ0v) is 11.3. The number of aromatic nitrogens is 1. The first kappa shape index (κ1) is 14.1. The van der Waals surface area contributed by atoms with Gasteiger partial charge in [0.1, 0.15) is 0 Å². The van der Waals surface area contributed by atoms with Gasteiger partial charge in [0.15, 0.2) is 5.69 Å². The lowest BCUT2D eigenvalue weighted by Crippen LogP contribution is -2.11. The van der Waals surface area contributed by atoms with Crippen molar-refractivity contribution in [3.63, 3.8) is 0 Å². The highest BCUT2D eigenvalue weighted by Gasteiger charge is 2.22. The molecule has 0 bridgehead atoms. The van der Waals surface area contributed by atoms with Crippen LogP contribution in [0, 0.1) is 3.57 Å². The Balaban J connectivity index is 3.22. The van der Waals surface area contributed by atoms with Crippen molar-refractivity contribution in [2.24, 2.45) is 0 Å². The van der Waals surface area contributed by atoms with Gasteiger partial charge in [-0.05, 0) is 35.6 Å². The highest BCUT2D eigenvalue weighted by molar-refractivity contribution is 14.1. The van der Waals surface area contributed by atoms with E-state index in [2.05, 4.69) is 4.98 Å². The minimum absolute atomic E-state index is 0.0197. The Kier molecular flexibility index (Phi) is 5.03. The number of ether oxygens (including phenoxy) is 2. The first-order valence-corrected chi connectivity index (χ1v) is 5.78. The molecule has 7 heteroatoms. The Morgan fingerprint density at radius 2 is 2.24 bits per heavy atom. The monoisotopic (exact) mass is 357 g/mol. The highest BCUT2D eigenvalue weighted by Crippen LogP contribution is 2.30. The van der Waals surface area contributed by atoms with Gasteiger partial charge in [0, 0.05) is 3.57 Å². The van der Waals surface area contributed by atoms with Crippen molar-refractivity contribution in [3.8, 4) is 5.88 Å². The van der Waals surface area contributed by atoms with E-state index >= 15 is 0 Å². The van der Waals surface area contributed by atoms with Crippen LogP contribution in [0.1, 0.15) is 29.4 Å². The molecule has 0 saturated carbocycles. The lowest BCUT2D eigenvalue weighted by atomic mass is 10.2. The molecule has 1 heterocycles. The number of carbonyl (C=O) groups is 1. The molecule has 0 unspecified atom stereocenters. The summed E-state index contributed by atoms with van der Waals surface area (Å²) >= 11 is 1.76. The van der Waals surface area contributed by atoms with Gasteiger partial charge in [-0.2, -0.15) is 0 Å². The Hall–Kier alpha value is -0.990. The van der Waals surface area contributed by atoms with E-state index in [1.807, 2.05) is 0 Å². The predicted molar refractivity (Wildman–Crippen MR) is 64.4 cm³/mol. The van der Waals surface area contributed by atoms with E-state index < -0.39 is 12.4 Å². The Morgan fingerprint density at radius 3 is 2.71 bits per heavy atom. The van der Waals surface area contributed by atoms with Crippen molar-refractivity contribution >= 4 is 28.6 Å². The van der Waals surface area contributed by atoms with Crippen LogP contribution in [0.5, 0.6) is 5.88 Å². The maximum absolute atomic E-state index is 12.6. The smallest absolute Gasteiger partial charge is 0.358 e. The molecule has 4 nitrogen and oxygen atoms in total. The van der Waals surface area contributed by atoms with Crippen LogP contribution in [-0.4, -0.2) is 24.7 Å². The average molecular weight is 357 g/mol. The average Bonchev–Trinajstić information content (AvgIpc) is 2.28. The van der Waals surface area contributed by atoms with Crippen molar-refractivity contribution in [3.05, 3.63) is 20.9 Å². The van der Waals surface area contributed by atoms with Gasteiger partial charge in [-0.3, -0.25) is 0 Å². The van der Waals surface area contributed by atoms with Crippen LogP contribution in [0.25, 0.3) is 0 Å². The Labute approximate surface area is 110 Å². The molecule has 0 N–H and O–H groups in total. The summed E-state index contributed by atoms with van der Waals surface area (Å²) in [5, 5.41) is 0. The van der Waals surface area contributed by atoms with E-state index in [1.54, 1.807) is 29.5 Å². The molecule has 0 aliphatic rings. The summed E-state index contributed by atoms with van der Waals surface area (Å²) in [5.41, 5.74) is -0.362. The third-order valence-electron chi connectivity index (χ3n) is 1.87. The van der Waals surface area contributed by atoms with Crippen molar-refractivity contribution in [2.75, 3.05) is 13.7 Å². The molecule has 0 aromatic carbocycles. The number of carbonyl (C=O) groups excluding carboxylic acids is 1. The van der Waals surface area contributed by atoms with Crippen molar-refractivity contribution in [1.29, 1.82) is 0 Å². The second-order valence-corrected chi connectivity index (χ2v) is 4.10. The molecular weight excluding hydrogens is 347 g/mol.